The molecule has 0 aliphatic carbocycles. The molecule has 0 unspecified atom stereocenters. The van der Waals surface area contributed by atoms with Gasteiger partial charge in [-0.05, 0) is 33.3 Å². The summed E-state index contributed by atoms with van der Waals surface area (Å²) in [5.41, 5.74) is -0.116. The first-order valence-corrected chi connectivity index (χ1v) is 4.36. The van der Waals surface area contributed by atoms with Gasteiger partial charge in [0.05, 0.1) is 6.26 Å². The van der Waals surface area contributed by atoms with Crippen molar-refractivity contribution >= 4 is 5.78 Å². The van der Waals surface area contributed by atoms with Crippen molar-refractivity contribution in [1.29, 1.82) is 0 Å². The Hall–Kier alpha value is -0.790. The molecule has 0 amide bonds. The van der Waals surface area contributed by atoms with Gasteiger partial charge in [-0.15, -0.1) is 0 Å². The van der Waals surface area contributed by atoms with E-state index in [1.54, 1.807) is 13.2 Å². The van der Waals surface area contributed by atoms with Crippen molar-refractivity contribution < 1.29 is 9.53 Å². The maximum atomic E-state index is 10.7. The highest BCUT2D eigenvalue weighted by Gasteiger charge is 2.32. The van der Waals surface area contributed by atoms with Crippen LogP contribution in [0.5, 0.6) is 0 Å². The number of hydrogen-bond donors (Lipinski definition) is 0. The van der Waals surface area contributed by atoms with Gasteiger partial charge in [0.1, 0.15) is 11.4 Å². The molecule has 2 heteroatoms. The minimum Gasteiger partial charge on any atom is -0.495 e. The van der Waals surface area contributed by atoms with Crippen LogP contribution in [-0.4, -0.2) is 11.4 Å². The largest absolute Gasteiger partial charge is 0.495 e. The summed E-state index contributed by atoms with van der Waals surface area (Å²) < 4.78 is 5.39. The first kappa shape index (κ1) is 9.30. The average Bonchev–Trinajstić information content (AvgIpc) is 2.25. The Morgan fingerprint density at radius 3 is 2.67 bits per heavy atom. The van der Waals surface area contributed by atoms with Crippen LogP contribution in [0.25, 0.3) is 0 Å². The fourth-order valence-electron chi connectivity index (χ4n) is 1.43. The highest BCUT2D eigenvalue weighted by atomic mass is 16.5. The van der Waals surface area contributed by atoms with Crippen LogP contribution in [-0.2, 0) is 9.53 Å². The Kier molecular flexibility index (Phi) is 2.55. The maximum absolute atomic E-state index is 10.7. The molecule has 0 spiro atoms. The van der Waals surface area contributed by atoms with E-state index in [0.29, 0.717) is 12.3 Å². The first-order chi connectivity index (χ1) is 5.52. The molecule has 0 N–H and O–H groups in total. The Morgan fingerprint density at radius 1 is 1.58 bits per heavy atom. The van der Waals surface area contributed by atoms with Crippen LogP contribution in [0.4, 0.5) is 0 Å². The number of carbonyl (C=O) groups excluding carboxylic acids is 1. The number of ketones is 1. The highest BCUT2D eigenvalue weighted by Crippen LogP contribution is 2.32. The predicted molar refractivity (Wildman–Crippen MR) is 47.7 cm³/mol. The van der Waals surface area contributed by atoms with Gasteiger partial charge in [-0.1, -0.05) is 0 Å². The van der Waals surface area contributed by atoms with Crippen molar-refractivity contribution in [2.45, 2.75) is 39.2 Å². The van der Waals surface area contributed by atoms with Crippen LogP contribution in [0, 0.1) is 5.92 Å². The summed E-state index contributed by atoms with van der Waals surface area (Å²) in [5, 5.41) is 0. The molecule has 1 heterocycles. The summed E-state index contributed by atoms with van der Waals surface area (Å²) in [6, 6.07) is 0. The summed E-state index contributed by atoms with van der Waals surface area (Å²) in [7, 11) is 0. The molecule has 0 saturated heterocycles. The summed E-state index contributed by atoms with van der Waals surface area (Å²) >= 11 is 0. The van der Waals surface area contributed by atoms with Gasteiger partial charge in [0.15, 0.2) is 0 Å². The van der Waals surface area contributed by atoms with Gasteiger partial charge < -0.3 is 9.53 Å². The van der Waals surface area contributed by atoms with Crippen molar-refractivity contribution in [3.8, 4) is 0 Å². The summed E-state index contributed by atoms with van der Waals surface area (Å²) in [6.07, 6.45) is 5.34. The number of carbonyl (C=O) groups is 1. The van der Waals surface area contributed by atoms with Crippen molar-refractivity contribution in [1.82, 2.24) is 0 Å². The van der Waals surface area contributed by atoms with Crippen molar-refractivity contribution in [2.24, 2.45) is 5.92 Å². The van der Waals surface area contributed by atoms with Crippen molar-refractivity contribution in [3.63, 3.8) is 0 Å². The molecule has 0 aromatic rings. The second-order valence-corrected chi connectivity index (χ2v) is 3.90. The Labute approximate surface area is 73.6 Å². The summed E-state index contributed by atoms with van der Waals surface area (Å²) in [6.45, 7) is 5.74. The van der Waals surface area contributed by atoms with E-state index in [4.69, 9.17) is 4.74 Å². The normalized spacial score (nSPS) is 25.4. The molecule has 1 rings (SSSR count). The summed E-state index contributed by atoms with van der Waals surface area (Å²) in [4.78, 5) is 10.7. The molecular weight excluding hydrogens is 152 g/mol. The topological polar surface area (TPSA) is 26.3 Å². The van der Waals surface area contributed by atoms with Crippen LogP contribution < -0.4 is 0 Å². The smallest absolute Gasteiger partial charge is 0.129 e. The second-order valence-electron chi connectivity index (χ2n) is 3.90. The second kappa shape index (κ2) is 3.30. The number of Topliss-reactive ketones (excluding diaryl/α,β-unsaturated/α-hetero) is 1. The monoisotopic (exact) mass is 168 g/mol. The van der Waals surface area contributed by atoms with Gasteiger partial charge in [0.25, 0.3) is 0 Å². The molecule has 12 heavy (non-hydrogen) atoms. The van der Waals surface area contributed by atoms with Crippen molar-refractivity contribution in [2.75, 3.05) is 0 Å². The zero-order chi connectivity index (χ0) is 9.19. The predicted octanol–water partition coefficient (Wildman–Crippen LogP) is 2.29. The van der Waals surface area contributed by atoms with E-state index in [1.165, 1.54) is 0 Å². The summed E-state index contributed by atoms with van der Waals surface area (Å²) in [5.74, 6) is 0.646. The van der Waals surface area contributed by atoms with Gasteiger partial charge in [-0.25, -0.2) is 0 Å². The van der Waals surface area contributed by atoms with Crippen molar-refractivity contribution in [3.05, 3.63) is 12.3 Å². The number of hydrogen-bond acceptors (Lipinski definition) is 2. The molecule has 0 aromatic heterocycles. The van der Waals surface area contributed by atoms with Gasteiger partial charge in [-0.3, -0.25) is 0 Å². The lowest BCUT2D eigenvalue weighted by molar-refractivity contribution is -0.117. The van der Waals surface area contributed by atoms with Crippen LogP contribution in [0.15, 0.2) is 12.3 Å². The standard InChI is InChI=1S/C10H16O2/c1-8(11)4-5-9-6-7-12-10(9,2)3/h6-7,9H,4-5H2,1-3H3/t9-/m1/s1. The van der Waals surface area contributed by atoms with Gasteiger partial charge in [0.2, 0.25) is 0 Å². The molecule has 0 bridgehead atoms. The highest BCUT2D eigenvalue weighted by molar-refractivity contribution is 5.75. The Morgan fingerprint density at radius 2 is 2.25 bits per heavy atom. The fourth-order valence-corrected chi connectivity index (χ4v) is 1.43. The molecule has 0 aromatic carbocycles. The van der Waals surface area contributed by atoms with Gasteiger partial charge in [0, 0.05) is 12.3 Å². The SMILES string of the molecule is CC(=O)CC[C@@H]1C=COC1(C)C. The van der Waals surface area contributed by atoms with Crippen LogP contribution >= 0.6 is 0 Å². The molecule has 1 aliphatic rings. The zero-order valence-electron chi connectivity index (χ0n) is 7.96. The van der Waals surface area contributed by atoms with E-state index in [1.807, 2.05) is 6.08 Å². The third-order valence-electron chi connectivity index (χ3n) is 2.38. The fraction of sp³-hybridized carbons (Fsp3) is 0.700. The Bertz CT molecular complexity index is 204. The third-order valence-corrected chi connectivity index (χ3v) is 2.38. The molecule has 1 aliphatic heterocycles. The zero-order valence-corrected chi connectivity index (χ0v) is 7.96. The molecule has 2 nitrogen and oxygen atoms in total. The van der Waals surface area contributed by atoms with Crippen LogP contribution in [0.3, 0.4) is 0 Å². The van der Waals surface area contributed by atoms with E-state index in [-0.39, 0.29) is 11.4 Å². The van der Waals surface area contributed by atoms with E-state index < -0.39 is 0 Å². The van der Waals surface area contributed by atoms with E-state index >= 15 is 0 Å². The molecule has 0 saturated carbocycles. The van der Waals surface area contributed by atoms with Crippen LogP contribution in [0.1, 0.15) is 33.6 Å². The minimum absolute atomic E-state index is 0.116. The molecule has 0 fully saturated rings. The molecule has 68 valence electrons. The molecule has 1 atom stereocenters. The third kappa shape index (κ3) is 2.10. The van der Waals surface area contributed by atoms with E-state index in [9.17, 15) is 4.79 Å². The lowest BCUT2D eigenvalue weighted by atomic mass is 9.88. The Balaban J connectivity index is 2.41. The van der Waals surface area contributed by atoms with Crippen LogP contribution in [0.2, 0.25) is 0 Å². The van der Waals surface area contributed by atoms with Gasteiger partial charge in [-0.2, -0.15) is 0 Å². The maximum Gasteiger partial charge on any atom is 0.129 e. The lowest BCUT2D eigenvalue weighted by Gasteiger charge is -2.25. The first-order valence-electron chi connectivity index (χ1n) is 4.36. The van der Waals surface area contributed by atoms with E-state index in [0.717, 1.165) is 6.42 Å². The molecular formula is C10H16O2. The van der Waals surface area contributed by atoms with E-state index in [2.05, 4.69) is 13.8 Å². The number of rotatable bonds is 3. The molecule has 0 radical (unpaired) electrons. The van der Waals surface area contributed by atoms with Gasteiger partial charge >= 0.3 is 0 Å². The lowest BCUT2D eigenvalue weighted by Crippen LogP contribution is -2.27. The number of ether oxygens (including phenoxy) is 1. The minimum atomic E-state index is -0.116. The quantitative estimate of drug-likeness (QED) is 0.646. The average molecular weight is 168 g/mol.